The Hall–Kier alpha value is 2.59. The molecule has 0 nitrogen and oxygen atoms in total. The number of thiol groups is 1. The zero-order valence-corrected chi connectivity index (χ0v) is 17.8. The monoisotopic (exact) mass is 563 g/mol. The van der Waals surface area contributed by atoms with Gasteiger partial charge in [-0.2, -0.15) is 0 Å². The van der Waals surface area contributed by atoms with Gasteiger partial charge in [-0.25, -0.2) is 0 Å². The van der Waals surface area contributed by atoms with Gasteiger partial charge in [-0.15, -0.1) is 12.6 Å². The van der Waals surface area contributed by atoms with Crippen molar-refractivity contribution in [3.05, 3.63) is 22.4 Å². The van der Waals surface area contributed by atoms with Crippen LogP contribution in [0.25, 0.3) is 0 Å². The van der Waals surface area contributed by atoms with Crippen molar-refractivity contribution in [3.8, 4) is 0 Å². The predicted octanol–water partition coefficient (Wildman–Crippen LogP) is 5.79. The van der Waals surface area contributed by atoms with E-state index < -0.39 is 0 Å². The molecule has 0 radical (unpaired) electrons. The van der Waals surface area contributed by atoms with Gasteiger partial charge in [-0.05, 0) is 79.6 Å². The zero-order chi connectivity index (χ0) is 9.46. The Morgan fingerprint density at radius 3 is 1.15 bits per heavy atom. The van der Waals surface area contributed by atoms with Crippen LogP contribution in [-0.2, 0) is 19.5 Å². The summed E-state index contributed by atoms with van der Waals surface area (Å²) in [7, 11) is 0. The van der Waals surface area contributed by atoms with E-state index in [0.29, 0.717) is 0 Å². The number of hydrogen-bond donors (Lipinski definition) is 1. The van der Waals surface area contributed by atoms with Crippen molar-refractivity contribution in [3.63, 3.8) is 0 Å². The fraction of sp³-hybridized carbons (Fsp3) is 0. The summed E-state index contributed by atoms with van der Waals surface area (Å²) < 4.78 is 4.70. The fourth-order valence-corrected chi connectivity index (χ4v) is 4.17. The second-order valence-corrected chi connectivity index (χ2v) is 6.33. The minimum absolute atomic E-state index is 0. The van der Waals surface area contributed by atoms with E-state index in [1.54, 1.807) is 0 Å². The molecule has 0 atom stereocenters. The number of rotatable bonds is 0. The van der Waals surface area contributed by atoms with Gasteiger partial charge >= 0.3 is 19.5 Å². The summed E-state index contributed by atoms with van der Waals surface area (Å²) in [5.41, 5.74) is 0. The molecule has 0 unspecified atom stereocenters. The molecule has 0 aliphatic carbocycles. The first-order chi connectivity index (χ1) is 5.46. The molecular formula is C6HBr5SZn+2. The normalized spacial score (nSPS) is 9.69. The first-order valence-electron chi connectivity index (χ1n) is 2.67. The van der Waals surface area contributed by atoms with Crippen LogP contribution in [-0.4, -0.2) is 0 Å². The fourth-order valence-electron chi connectivity index (χ4n) is 0.593. The van der Waals surface area contributed by atoms with E-state index in [2.05, 4.69) is 92.3 Å². The van der Waals surface area contributed by atoms with Crippen LogP contribution < -0.4 is 0 Å². The van der Waals surface area contributed by atoms with Gasteiger partial charge in [-0.1, -0.05) is 0 Å². The van der Waals surface area contributed by atoms with Crippen molar-refractivity contribution in [2.75, 3.05) is 0 Å². The molecule has 0 bridgehead atoms. The van der Waals surface area contributed by atoms with Gasteiger partial charge in [0.05, 0.1) is 0 Å². The topological polar surface area (TPSA) is 0 Å². The maximum absolute atomic E-state index is 4.32. The molecule has 7 heteroatoms. The van der Waals surface area contributed by atoms with E-state index in [1.807, 2.05) is 0 Å². The maximum atomic E-state index is 4.32. The van der Waals surface area contributed by atoms with Crippen LogP contribution in [0, 0.1) is 0 Å². The van der Waals surface area contributed by atoms with E-state index in [4.69, 9.17) is 0 Å². The third-order valence-corrected chi connectivity index (χ3v) is 8.34. The van der Waals surface area contributed by atoms with E-state index in [9.17, 15) is 0 Å². The average molecular weight is 570 g/mol. The van der Waals surface area contributed by atoms with Crippen molar-refractivity contribution in [2.45, 2.75) is 4.90 Å². The Morgan fingerprint density at radius 2 is 0.846 bits per heavy atom. The quantitative estimate of drug-likeness (QED) is 0.174. The Morgan fingerprint density at radius 1 is 0.615 bits per heavy atom. The molecule has 0 amide bonds. The van der Waals surface area contributed by atoms with Crippen LogP contribution in [0.3, 0.4) is 0 Å². The molecule has 0 saturated heterocycles. The minimum Gasteiger partial charge on any atom is -0.141 e. The van der Waals surface area contributed by atoms with Crippen molar-refractivity contribution < 1.29 is 19.5 Å². The Labute approximate surface area is 137 Å². The molecule has 0 aliphatic rings. The van der Waals surface area contributed by atoms with Crippen LogP contribution in [0.15, 0.2) is 27.3 Å². The van der Waals surface area contributed by atoms with E-state index >= 15 is 0 Å². The first kappa shape index (κ1) is 15.6. The first-order valence-corrected chi connectivity index (χ1v) is 7.08. The van der Waals surface area contributed by atoms with Gasteiger partial charge in [0, 0.05) is 27.3 Å². The molecule has 1 aromatic carbocycles. The SMILES string of the molecule is Sc1c(Br)c(Br)c(Br)c(Br)c1Br.[Zn+2]. The summed E-state index contributed by atoms with van der Waals surface area (Å²) in [5.74, 6) is 0. The third kappa shape index (κ3) is 3.27. The Kier molecular flexibility index (Phi) is 7.63. The van der Waals surface area contributed by atoms with Crippen LogP contribution >= 0.6 is 92.3 Å². The molecule has 66 valence electrons. The Balaban J connectivity index is 0.00000144. The van der Waals surface area contributed by atoms with Crippen LogP contribution in [0.2, 0.25) is 0 Å². The van der Waals surface area contributed by atoms with Crippen LogP contribution in [0.5, 0.6) is 0 Å². The van der Waals surface area contributed by atoms with Crippen molar-refractivity contribution in [1.82, 2.24) is 0 Å². The van der Waals surface area contributed by atoms with Crippen molar-refractivity contribution in [1.29, 1.82) is 0 Å². The van der Waals surface area contributed by atoms with Gasteiger partial charge in [-0.3, -0.25) is 0 Å². The van der Waals surface area contributed by atoms with E-state index in [0.717, 1.165) is 27.3 Å². The summed E-state index contributed by atoms with van der Waals surface area (Å²) in [4.78, 5) is 0.858. The van der Waals surface area contributed by atoms with Crippen LogP contribution in [0.4, 0.5) is 0 Å². The smallest absolute Gasteiger partial charge is 0.141 e. The molecule has 0 fully saturated rings. The van der Waals surface area contributed by atoms with Gasteiger partial charge < -0.3 is 0 Å². The van der Waals surface area contributed by atoms with Gasteiger partial charge in [0.1, 0.15) is 0 Å². The summed E-state index contributed by atoms with van der Waals surface area (Å²) in [6.07, 6.45) is 0. The van der Waals surface area contributed by atoms with E-state index in [1.165, 1.54) is 0 Å². The molecular weight excluding hydrogens is 569 g/mol. The standard InChI is InChI=1S/C6HBr5S.Zn/c7-1-2(8)4(10)6(12)5(11)3(1)9;/h12H;/q;+2. The molecule has 0 spiro atoms. The number of halogens is 5. The molecule has 0 saturated carbocycles. The van der Waals surface area contributed by atoms with Gasteiger partial charge in [0.2, 0.25) is 0 Å². The second-order valence-electron chi connectivity index (χ2n) is 1.92. The molecule has 0 heterocycles. The Bertz CT molecular complexity index is 235. The van der Waals surface area contributed by atoms with Crippen molar-refractivity contribution >= 4 is 92.3 Å². The second kappa shape index (κ2) is 6.36. The number of hydrogen-bond acceptors (Lipinski definition) is 1. The molecule has 1 rings (SSSR count). The summed E-state index contributed by atoms with van der Waals surface area (Å²) in [6, 6.07) is 0. The predicted molar refractivity (Wildman–Crippen MR) is 72.2 cm³/mol. The molecule has 13 heavy (non-hydrogen) atoms. The summed E-state index contributed by atoms with van der Waals surface area (Å²) in [5, 5.41) is 0. The largest absolute Gasteiger partial charge is 2.00 e. The summed E-state index contributed by atoms with van der Waals surface area (Å²) in [6.45, 7) is 0. The molecule has 0 aliphatic heterocycles. The number of benzene rings is 1. The summed E-state index contributed by atoms with van der Waals surface area (Å²) >= 11 is 21.4. The van der Waals surface area contributed by atoms with Crippen molar-refractivity contribution in [2.24, 2.45) is 0 Å². The third-order valence-electron chi connectivity index (χ3n) is 1.19. The molecule has 0 aromatic heterocycles. The van der Waals surface area contributed by atoms with E-state index in [-0.39, 0.29) is 19.5 Å². The van der Waals surface area contributed by atoms with Gasteiger partial charge in [0.15, 0.2) is 0 Å². The van der Waals surface area contributed by atoms with Gasteiger partial charge in [0.25, 0.3) is 0 Å². The average Bonchev–Trinajstić information content (AvgIpc) is 2.08. The maximum Gasteiger partial charge on any atom is 2.00 e. The molecule has 1 aromatic rings. The minimum atomic E-state index is 0. The molecule has 0 N–H and O–H groups in total. The zero-order valence-electron chi connectivity index (χ0n) is 6.04. The van der Waals surface area contributed by atoms with Crippen LogP contribution in [0.1, 0.15) is 0 Å².